The van der Waals surface area contributed by atoms with Crippen LogP contribution in [0.3, 0.4) is 0 Å². The maximum absolute atomic E-state index is 14.0. The van der Waals surface area contributed by atoms with Crippen LogP contribution in [0.4, 0.5) is 0 Å². The number of rotatable bonds is 5. The number of hydrogen-bond donors (Lipinski definition) is 1. The quantitative estimate of drug-likeness (QED) is 0.761. The molecule has 6 atom stereocenters. The number of carboxylic acids is 1. The first kappa shape index (κ1) is 20.1. The van der Waals surface area contributed by atoms with Gasteiger partial charge in [-0.1, -0.05) is 42.5 Å². The molecular formula is C24H31NO4. The molecule has 1 saturated carbocycles. The van der Waals surface area contributed by atoms with Crippen molar-refractivity contribution in [2.45, 2.75) is 57.7 Å². The van der Waals surface area contributed by atoms with Gasteiger partial charge < -0.3 is 14.7 Å². The highest BCUT2D eigenvalue weighted by Gasteiger charge is 2.54. The minimum absolute atomic E-state index is 0.00620. The maximum atomic E-state index is 14.0. The largest absolute Gasteiger partial charge is 0.481 e. The van der Waals surface area contributed by atoms with Crippen LogP contribution in [0.15, 0.2) is 42.5 Å². The van der Waals surface area contributed by atoms with E-state index in [1.165, 1.54) is 0 Å². The van der Waals surface area contributed by atoms with Crippen LogP contribution >= 0.6 is 0 Å². The number of allylic oxidation sites excluding steroid dienone is 2. The Morgan fingerprint density at radius 2 is 1.79 bits per heavy atom. The lowest BCUT2D eigenvalue weighted by Gasteiger charge is -2.45. The van der Waals surface area contributed by atoms with Crippen LogP contribution in [0.5, 0.6) is 0 Å². The molecule has 1 saturated heterocycles. The van der Waals surface area contributed by atoms with Gasteiger partial charge in [0.25, 0.3) is 0 Å². The number of hydrogen-bond acceptors (Lipinski definition) is 3. The van der Waals surface area contributed by atoms with Crippen molar-refractivity contribution in [1.29, 1.82) is 0 Å². The minimum atomic E-state index is -0.847. The van der Waals surface area contributed by atoms with Gasteiger partial charge in [-0.25, -0.2) is 0 Å². The van der Waals surface area contributed by atoms with Crippen LogP contribution in [0.1, 0.15) is 51.6 Å². The van der Waals surface area contributed by atoms with Crippen LogP contribution in [0.2, 0.25) is 0 Å². The predicted molar refractivity (Wildman–Crippen MR) is 110 cm³/mol. The second-order valence-corrected chi connectivity index (χ2v) is 9.43. The fourth-order valence-electron chi connectivity index (χ4n) is 5.68. The standard InChI is InChI=1S/C24H31NO4/c1-15(16-7-5-4-6-8-16)25(19-11-12-29-24(2,3)14-19)22(26)20-17-9-10-18(13-17)21(20)23(27)28/h4-10,15,17-21H,11-14H2,1-3H3,(H,27,28)/t15-,17-,18-,19+,20+,21-/m1/s1. The van der Waals surface area contributed by atoms with E-state index < -0.39 is 17.8 Å². The first-order chi connectivity index (χ1) is 13.8. The van der Waals surface area contributed by atoms with Crippen molar-refractivity contribution in [1.82, 2.24) is 4.90 Å². The van der Waals surface area contributed by atoms with E-state index in [0.29, 0.717) is 6.61 Å². The van der Waals surface area contributed by atoms with Crippen molar-refractivity contribution in [3.8, 4) is 0 Å². The van der Waals surface area contributed by atoms with E-state index in [0.717, 1.165) is 24.8 Å². The number of ether oxygens (including phenoxy) is 1. The number of amides is 1. The Labute approximate surface area is 172 Å². The van der Waals surface area contributed by atoms with Crippen LogP contribution in [-0.4, -0.2) is 40.1 Å². The number of carbonyl (C=O) groups excluding carboxylic acids is 1. The summed E-state index contributed by atoms with van der Waals surface area (Å²) in [6, 6.07) is 9.97. The molecule has 1 aliphatic heterocycles. The van der Waals surface area contributed by atoms with Gasteiger partial charge in [-0.2, -0.15) is 0 Å². The van der Waals surface area contributed by atoms with Crippen molar-refractivity contribution in [3.63, 3.8) is 0 Å². The maximum Gasteiger partial charge on any atom is 0.307 e. The highest BCUT2D eigenvalue weighted by Crippen LogP contribution is 2.50. The zero-order valence-electron chi connectivity index (χ0n) is 17.5. The molecule has 1 aromatic rings. The summed E-state index contributed by atoms with van der Waals surface area (Å²) in [4.78, 5) is 28.0. The van der Waals surface area contributed by atoms with Crippen LogP contribution < -0.4 is 0 Å². The van der Waals surface area contributed by atoms with E-state index in [1.54, 1.807) is 0 Å². The van der Waals surface area contributed by atoms with Gasteiger partial charge in [0.2, 0.25) is 5.91 Å². The van der Waals surface area contributed by atoms with Crippen molar-refractivity contribution >= 4 is 11.9 Å². The zero-order valence-corrected chi connectivity index (χ0v) is 17.5. The highest BCUT2D eigenvalue weighted by molar-refractivity contribution is 5.87. The number of nitrogens with zero attached hydrogens (tertiary/aromatic N) is 1. The molecule has 29 heavy (non-hydrogen) atoms. The van der Waals surface area contributed by atoms with Crippen molar-refractivity contribution in [3.05, 3.63) is 48.0 Å². The third-order valence-electron chi connectivity index (χ3n) is 7.05. The fourth-order valence-corrected chi connectivity index (χ4v) is 5.68. The van der Waals surface area contributed by atoms with Gasteiger partial charge in [-0.05, 0) is 57.4 Å². The van der Waals surface area contributed by atoms with E-state index in [2.05, 4.69) is 26.8 Å². The predicted octanol–water partition coefficient (Wildman–Crippen LogP) is 4.06. The molecular weight excluding hydrogens is 366 g/mol. The first-order valence-electron chi connectivity index (χ1n) is 10.7. The molecule has 3 aliphatic rings. The van der Waals surface area contributed by atoms with E-state index in [1.807, 2.05) is 41.3 Å². The third-order valence-corrected chi connectivity index (χ3v) is 7.05. The van der Waals surface area contributed by atoms with Crippen molar-refractivity contribution < 1.29 is 19.4 Å². The molecule has 2 fully saturated rings. The molecule has 0 unspecified atom stereocenters. The lowest BCUT2D eigenvalue weighted by molar-refractivity contribution is -0.157. The average Bonchev–Trinajstić information content (AvgIpc) is 3.29. The first-order valence-corrected chi connectivity index (χ1v) is 10.7. The molecule has 5 nitrogen and oxygen atoms in total. The molecule has 1 heterocycles. The van der Waals surface area contributed by atoms with Crippen molar-refractivity contribution in [2.75, 3.05) is 6.61 Å². The fraction of sp³-hybridized carbons (Fsp3) is 0.583. The molecule has 2 bridgehead atoms. The van der Waals surface area contributed by atoms with Gasteiger partial charge >= 0.3 is 5.97 Å². The number of fused-ring (bicyclic) bond motifs is 2. The molecule has 2 aliphatic carbocycles. The Bertz CT molecular complexity index is 802. The smallest absolute Gasteiger partial charge is 0.307 e. The third kappa shape index (κ3) is 3.73. The van der Waals surface area contributed by atoms with Gasteiger partial charge in [0.1, 0.15) is 0 Å². The number of aliphatic carboxylic acids is 1. The van der Waals surface area contributed by atoms with Gasteiger partial charge in [-0.3, -0.25) is 9.59 Å². The average molecular weight is 398 g/mol. The second-order valence-electron chi connectivity index (χ2n) is 9.43. The van der Waals surface area contributed by atoms with Gasteiger partial charge in [0.05, 0.1) is 23.5 Å². The molecule has 0 radical (unpaired) electrons. The Morgan fingerprint density at radius 3 is 2.41 bits per heavy atom. The second kappa shape index (κ2) is 7.60. The van der Waals surface area contributed by atoms with Crippen LogP contribution in [-0.2, 0) is 14.3 Å². The highest BCUT2D eigenvalue weighted by atomic mass is 16.5. The minimum Gasteiger partial charge on any atom is -0.481 e. The number of carboxylic acid groups (broad SMARTS) is 1. The van der Waals surface area contributed by atoms with E-state index in [4.69, 9.17) is 4.74 Å². The van der Waals surface area contributed by atoms with Crippen LogP contribution in [0.25, 0.3) is 0 Å². The summed E-state index contributed by atoms with van der Waals surface area (Å²) < 4.78 is 5.90. The molecule has 1 N–H and O–H groups in total. The molecule has 4 rings (SSSR count). The van der Waals surface area contributed by atoms with Gasteiger partial charge in [-0.15, -0.1) is 0 Å². The summed E-state index contributed by atoms with van der Waals surface area (Å²) in [7, 11) is 0. The Balaban J connectivity index is 1.69. The Kier molecular flexibility index (Phi) is 5.28. The molecule has 0 spiro atoms. The topological polar surface area (TPSA) is 66.8 Å². The Morgan fingerprint density at radius 1 is 1.14 bits per heavy atom. The summed E-state index contributed by atoms with van der Waals surface area (Å²) in [5, 5.41) is 9.86. The normalized spacial score (nSPS) is 33.4. The van der Waals surface area contributed by atoms with E-state index in [-0.39, 0.29) is 35.4 Å². The zero-order chi connectivity index (χ0) is 20.8. The SMILES string of the molecule is C[C@H](c1ccccc1)N(C(=O)[C@@H]1[C@H](C(=O)O)[C@@H]2C=C[C@@H]1C2)[C@H]1CCOC(C)(C)C1. The molecule has 1 aromatic carbocycles. The molecule has 5 heteroatoms. The van der Waals surface area contributed by atoms with E-state index >= 15 is 0 Å². The number of carbonyl (C=O) groups is 2. The lowest BCUT2D eigenvalue weighted by atomic mass is 9.80. The van der Waals surface area contributed by atoms with Crippen molar-refractivity contribution in [2.24, 2.45) is 23.7 Å². The molecule has 156 valence electrons. The number of benzene rings is 1. The summed E-state index contributed by atoms with van der Waals surface area (Å²) in [6.07, 6.45) is 6.37. The van der Waals surface area contributed by atoms with Gasteiger partial charge in [0.15, 0.2) is 0 Å². The van der Waals surface area contributed by atoms with Crippen LogP contribution in [0, 0.1) is 23.7 Å². The Hall–Kier alpha value is -2.14. The summed E-state index contributed by atoms with van der Waals surface area (Å²) >= 11 is 0. The monoisotopic (exact) mass is 397 g/mol. The summed E-state index contributed by atoms with van der Waals surface area (Å²) in [5.74, 6) is -1.93. The lowest BCUT2D eigenvalue weighted by Crippen LogP contribution is -2.53. The molecule has 1 amide bonds. The summed E-state index contributed by atoms with van der Waals surface area (Å²) in [5.41, 5.74) is 0.786. The van der Waals surface area contributed by atoms with Gasteiger partial charge in [0, 0.05) is 12.6 Å². The van der Waals surface area contributed by atoms with E-state index in [9.17, 15) is 14.7 Å². The molecule has 0 aromatic heterocycles. The summed E-state index contributed by atoms with van der Waals surface area (Å²) in [6.45, 7) is 6.81.